The monoisotopic (exact) mass is 488 g/mol. The first-order chi connectivity index (χ1) is 16.7. The topological polar surface area (TPSA) is 67.9 Å². The van der Waals surface area contributed by atoms with Crippen molar-refractivity contribution in [1.82, 2.24) is 0 Å². The van der Waals surface area contributed by atoms with Crippen molar-refractivity contribution in [1.29, 1.82) is 0 Å². The summed E-state index contributed by atoms with van der Waals surface area (Å²) in [5.74, 6) is -1.84. The van der Waals surface area contributed by atoms with E-state index in [-0.39, 0.29) is 22.7 Å². The number of halogens is 4. The summed E-state index contributed by atoms with van der Waals surface area (Å²) in [6, 6.07) is 15.8. The molecule has 6 nitrogen and oxygen atoms in total. The predicted octanol–water partition coefficient (Wildman–Crippen LogP) is 5.33. The number of nitrogens with one attached hydrogen (secondary N) is 1. The van der Waals surface area contributed by atoms with Gasteiger partial charge in [0, 0.05) is 12.2 Å². The summed E-state index contributed by atoms with van der Waals surface area (Å²) < 4.78 is 61.0. The minimum Gasteiger partial charge on any atom is -0.483 e. The lowest BCUT2D eigenvalue weighted by molar-refractivity contribution is -0.274. The molecule has 0 spiro atoms. The van der Waals surface area contributed by atoms with Crippen LogP contribution in [0.2, 0.25) is 0 Å². The van der Waals surface area contributed by atoms with E-state index in [1.165, 1.54) is 47.4 Å². The number of nitrogens with zero attached hydrogens (tertiary/aromatic N) is 1. The second-order valence-electron chi connectivity index (χ2n) is 7.71. The van der Waals surface area contributed by atoms with Crippen molar-refractivity contribution in [2.24, 2.45) is 0 Å². The van der Waals surface area contributed by atoms with Crippen molar-refractivity contribution in [2.75, 3.05) is 23.4 Å². The van der Waals surface area contributed by atoms with Gasteiger partial charge in [0.15, 0.2) is 6.61 Å². The average Bonchev–Trinajstić information content (AvgIpc) is 2.82. The molecule has 0 atom stereocenters. The molecule has 3 aromatic carbocycles. The quantitative estimate of drug-likeness (QED) is 0.476. The van der Waals surface area contributed by atoms with Crippen LogP contribution in [0.4, 0.5) is 28.9 Å². The van der Waals surface area contributed by atoms with Gasteiger partial charge in [-0.2, -0.15) is 0 Å². The SMILES string of the molecule is O=C(COc1ccccc1C(=O)N1CCCc2cc(OC(F)(F)F)ccc21)Nc1ccccc1F. The molecule has 0 radical (unpaired) electrons. The van der Waals surface area contributed by atoms with Crippen molar-refractivity contribution >= 4 is 23.2 Å². The first kappa shape index (κ1) is 24.1. The Morgan fingerprint density at radius 1 is 1.00 bits per heavy atom. The van der Waals surface area contributed by atoms with Crippen LogP contribution in [0, 0.1) is 5.82 Å². The largest absolute Gasteiger partial charge is 0.573 e. The first-order valence-corrected chi connectivity index (χ1v) is 10.7. The highest BCUT2D eigenvalue weighted by molar-refractivity contribution is 6.08. The van der Waals surface area contributed by atoms with Crippen LogP contribution < -0.4 is 19.7 Å². The van der Waals surface area contributed by atoms with Crippen LogP contribution in [0.25, 0.3) is 0 Å². The summed E-state index contributed by atoms with van der Waals surface area (Å²) in [4.78, 5) is 27.0. The molecule has 0 unspecified atom stereocenters. The van der Waals surface area contributed by atoms with E-state index < -0.39 is 30.6 Å². The molecule has 182 valence electrons. The number of alkyl halides is 3. The molecule has 0 aromatic heterocycles. The first-order valence-electron chi connectivity index (χ1n) is 10.7. The van der Waals surface area contributed by atoms with E-state index in [1.54, 1.807) is 18.2 Å². The summed E-state index contributed by atoms with van der Waals surface area (Å²) in [7, 11) is 0. The number of anilines is 2. The molecule has 4 rings (SSSR count). The van der Waals surface area contributed by atoms with Crippen LogP contribution in [0.3, 0.4) is 0 Å². The third-order valence-electron chi connectivity index (χ3n) is 5.27. The van der Waals surface area contributed by atoms with Gasteiger partial charge in [-0.15, -0.1) is 13.2 Å². The zero-order valence-corrected chi connectivity index (χ0v) is 18.3. The molecule has 1 heterocycles. The molecule has 0 bridgehead atoms. The Morgan fingerprint density at radius 3 is 2.51 bits per heavy atom. The summed E-state index contributed by atoms with van der Waals surface area (Å²) >= 11 is 0. The predicted molar refractivity (Wildman–Crippen MR) is 120 cm³/mol. The summed E-state index contributed by atoms with van der Waals surface area (Å²) in [5.41, 5.74) is 1.20. The minimum atomic E-state index is -4.81. The number of benzene rings is 3. The van der Waals surface area contributed by atoms with E-state index in [0.29, 0.717) is 30.6 Å². The van der Waals surface area contributed by atoms with Crippen molar-refractivity contribution < 1.29 is 36.6 Å². The number of fused-ring (bicyclic) bond motifs is 1. The van der Waals surface area contributed by atoms with Gasteiger partial charge >= 0.3 is 6.36 Å². The van der Waals surface area contributed by atoms with Crippen molar-refractivity contribution in [2.45, 2.75) is 19.2 Å². The lowest BCUT2D eigenvalue weighted by atomic mass is 10.00. The number of carbonyl (C=O) groups excluding carboxylic acids is 2. The van der Waals surface area contributed by atoms with Crippen LogP contribution in [0.1, 0.15) is 22.3 Å². The van der Waals surface area contributed by atoms with E-state index in [2.05, 4.69) is 10.1 Å². The van der Waals surface area contributed by atoms with Gasteiger partial charge in [-0.3, -0.25) is 9.59 Å². The highest BCUT2D eigenvalue weighted by atomic mass is 19.4. The Morgan fingerprint density at radius 2 is 1.74 bits per heavy atom. The third kappa shape index (κ3) is 5.89. The van der Waals surface area contributed by atoms with Crippen molar-refractivity contribution in [3.05, 3.63) is 83.7 Å². The molecule has 1 aliphatic rings. The second kappa shape index (κ2) is 10.0. The van der Waals surface area contributed by atoms with Crippen LogP contribution in [0.15, 0.2) is 66.7 Å². The molecule has 0 aliphatic carbocycles. The fourth-order valence-electron chi connectivity index (χ4n) is 3.79. The van der Waals surface area contributed by atoms with Crippen LogP contribution in [-0.2, 0) is 11.2 Å². The standard InChI is InChI=1S/C25H20F4N2O4/c26-19-8-2-3-9-20(19)30-23(32)15-34-22-10-4-1-7-18(22)24(33)31-13-5-6-16-14-17(11-12-21(16)31)35-25(27,28)29/h1-4,7-12,14H,5-6,13,15H2,(H,30,32). The molecular formula is C25H20F4N2O4. The maximum Gasteiger partial charge on any atom is 0.573 e. The van der Waals surface area contributed by atoms with Gasteiger partial charge in [0.05, 0.1) is 11.3 Å². The van der Waals surface area contributed by atoms with Crippen LogP contribution in [0.5, 0.6) is 11.5 Å². The number of hydrogen-bond donors (Lipinski definition) is 1. The zero-order valence-electron chi connectivity index (χ0n) is 18.3. The van der Waals surface area contributed by atoms with E-state index in [0.717, 1.165) is 6.07 Å². The smallest absolute Gasteiger partial charge is 0.483 e. The molecule has 2 amide bonds. The lowest BCUT2D eigenvalue weighted by Gasteiger charge is -2.30. The molecular weight excluding hydrogens is 468 g/mol. The average molecular weight is 488 g/mol. The maximum absolute atomic E-state index is 13.7. The number of carbonyl (C=O) groups is 2. The Kier molecular flexibility index (Phi) is 6.90. The Hall–Kier alpha value is -4.08. The number of aryl methyl sites for hydroxylation is 1. The molecule has 1 aliphatic heterocycles. The van der Waals surface area contributed by atoms with Crippen LogP contribution in [-0.4, -0.2) is 31.3 Å². The van der Waals surface area contributed by atoms with Gasteiger partial charge in [-0.25, -0.2) is 4.39 Å². The van der Waals surface area contributed by atoms with Gasteiger partial charge in [-0.05, 0) is 60.9 Å². The molecule has 0 saturated carbocycles. The van der Waals surface area contributed by atoms with Gasteiger partial charge in [-0.1, -0.05) is 24.3 Å². The number of rotatable bonds is 6. The minimum absolute atomic E-state index is 0.00394. The molecule has 3 aromatic rings. The molecule has 35 heavy (non-hydrogen) atoms. The normalized spacial score (nSPS) is 13.1. The van der Waals surface area contributed by atoms with Gasteiger partial charge in [0.25, 0.3) is 11.8 Å². The highest BCUT2D eigenvalue weighted by Crippen LogP contribution is 2.34. The fourth-order valence-corrected chi connectivity index (χ4v) is 3.79. The number of ether oxygens (including phenoxy) is 2. The highest BCUT2D eigenvalue weighted by Gasteiger charge is 2.32. The van der Waals surface area contributed by atoms with Gasteiger partial charge in [0.2, 0.25) is 0 Å². The third-order valence-corrected chi connectivity index (χ3v) is 5.27. The molecule has 1 N–H and O–H groups in total. The zero-order chi connectivity index (χ0) is 25.0. The van der Waals surface area contributed by atoms with Gasteiger partial charge in [0.1, 0.15) is 17.3 Å². The fraction of sp³-hybridized carbons (Fsp3) is 0.200. The van der Waals surface area contributed by atoms with E-state index in [1.807, 2.05) is 0 Å². The second-order valence-corrected chi connectivity index (χ2v) is 7.71. The van der Waals surface area contributed by atoms with Crippen LogP contribution >= 0.6 is 0 Å². The van der Waals surface area contributed by atoms with E-state index in [9.17, 15) is 27.2 Å². The molecule has 0 saturated heterocycles. The van der Waals surface area contributed by atoms with Gasteiger partial charge < -0.3 is 19.7 Å². The van der Waals surface area contributed by atoms with E-state index >= 15 is 0 Å². The number of hydrogen-bond acceptors (Lipinski definition) is 4. The van der Waals surface area contributed by atoms with Crippen molar-refractivity contribution in [3.8, 4) is 11.5 Å². The number of para-hydroxylation sites is 2. The van der Waals surface area contributed by atoms with Crippen molar-refractivity contribution in [3.63, 3.8) is 0 Å². The summed E-state index contributed by atoms with van der Waals surface area (Å²) in [5, 5.41) is 2.40. The number of amides is 2. The summed E-state index contributed by atoms with van der Waals surface area (Å²) in [6.45, 7) is -0.110. The Bertz CT molecular complexity index is 1250. The Labute approximate surface area is 198 Å². The Balaban J connectivity index is 1.49. The summed E-state index contributed by atoms with van der Waals surface area (Å²) in [6.07, 6.45) is -3.78. The molecule has 0 fully saturated rings. The molecule has 10 heteroatoms. The van der Waals surface area contributed by atoms with E-state index in [4.69, 9.17) is 4.74 Å². The lowest BCUT2D eigenvalue weighted by Crippen LogP contribution is -2.36. The maximum atomic E-state index is 13.7.